The highest BCUT2D eigenvalue weighted by atomic mass is 19.1. The number of rotatable bonds is 5. The molecular formula is C13H23F. The van der Waals surface area contributed by atoms with Crippen LogP contribution in [0.5, 0.6) is 0 Å². The number of hydrogen-bond acceptors (Lipinski definition) is 0. The van der Waals surface area contributed by atoms with Crippen LogP contribution in [0.3, 0.4) is 0 Å². The summed E-state index contributed by atoms with van der Waals surface area (Å²) < 4.78 is 13.0. The molecule has 0 aromatic heterocycles. The van der Waals surface area contributed by atoms with Crippen molar-refractivity contribution in [1.29, 1.82) is 0 Å². The average Bonchev–Trinajstić information content (AvgIpc) is 2.16. The maximum absolute atomic E-state index is 13.0. The van der Waals surface area contributed by atoms with E-state index in [2.05, 4.69) is 33.4 Å². The van der Waals surface area contributed by atoms with Crippen molar-refractivity contribution in [3.63, 3.8) is 0 Å². The molecule has 0 radical (unpaired) electrons. The third kappa shape index (κ3) is 3.28. The Morgan fingerprint density at radius 1 is 1.29 bits per heavy atom. The van der Waals surface area contributed by atoms with Crippen molar-refractivity contribution in [2.45, 2.75) is 41.0 Å². The molecule has 0 rings (SSSR count). The molecule has 1 heteroatoms. The Kier molecular flexibility index (Phi) is 5.75. The van der Waals surface area contributed by atoms with Crippen molar-refractivity contribution in [3.05, 3.63) is 24.1 Å². The van der Waals surface area contributed by atoms with Crippen molar-refractivity contribution < 1.29 is 4.39 Å². The van der Waals surface area contributed by atoms with Gasteiger partial charge in [-0.15, -0.1) is 0 Å². The topological polar surface area (TPSA) is 0 Å². The number of allylic oxidation sites excluding steroid dienone is 3. The van der Waals surface area contributed by atoms with Crippen molar-refractivity contribution in [2.24, 2.45) is 17.8 Å². The fraction of sp³-hybridized carbons (Fsp3) is 0.692. The van der Waals surface area contributed by atoms with Crippen LogP contribution in [-0.2, 0) is 0 Å². The third-order valence-corrected chi connectivity index (χ3v) is 3.28. The highest BCUT2D eigenvalue weighted by molar-refractivity contribution is 5.12. The first-order chi connectivity index (χ1) is 6.45. The monoisotopic (exact) mass is 198 g/mol. The largest absolute Gasteiger partial charge is 0.212 e. The average molecular weight is 198 g/mol. The SMILES string of the molecule is C=C(F)C(C)C(C)C(=CC)C(C)CC. The standard InChI is InChI=1S/C13H23F/c1-7-9(3)13(8-2)11(5)10(4)12(6)14/h8-11H,6-7H2,1-5H3. The molecule has 0 aromatic carbocycles. The van der Waals surface area contributed by atoms with Crippen LogP contribution in [0.25, 0.3) is 0 Å². The van der Waals surface area contributed by atoms with Gasteiger partial charge in [0, 0.05) is 5.92 Å². The van der Waals surface area contributed by atoms with E-state index in [0.29, 0.717) is 5.92 Å². The zero-order chi connectivity index (χ0) is 11.3. The zero-order valence-electron chi connectivity index (χ0n) is 10.1. The van der Waals surface area contributed by atoms with E-state index in [-0.39, 0.29) is 17.7 Å². The van der Waals surface area contributed by atoms with Gasteiger partial charge in [-0.3, -0.25) is 0 Å². The summed E-state index contributed by atoms with van der Waals surface area (Å²) in [5, 5.41) is 0. The van der Waals surface area contributed by atoms with Gasteiger partial charge >= 0.3 is 0 Å². The second-order valence-corrected chi connectivity index (χ2v) is 4.12. The first-order valence-electron chi connectivity index (χ1n) is 5.46. The molecule has 3 unspecified atom stereocenters. The molecule has 82 valence electrons. The quantitative estimate of drug-likeness (QED) is 0.560. The second-order valence-electron chi connectivity index (χ2n) is 4.12. The van der Waals surface area contributed by atoms with Gasteiger partial charge < -0.3 is 0 Å². The van der Waals surface area contributed by atoms with Gasteiger partial charge in [0.25, 0.3) is 0 Å². The predicted octanol–water partition coefficient (Wildman–Crippen LogP) is 4.73. The predicted molar refractivity (Wildman–Crippen MR) is 61.8 cm³/mol. The lowest BCUT2D eigenvalue weighted by Crippen LogP contribution is -2.15. The van der Waals surface area contributed by atoms with Crippen LogP contribution in [0, 0.1) is 17.8 Å². The maximum Gasteiger partial charge on any atom is 0.0962 e. The first kappa shape index (κ1) is 13.4. The Labute approximate surface area is 87.9 Å². The Balaban J connectivity index is 4.63. The summed E-state index contributed by atoms with van der Waals surface area (Å²) in [6.07, 6.45) is 3.23. The smallest absolute Gasteiger partial charge is 0.0962 e. The molecule has 0 saturated heterocycles. The molecule has 0 amide bonds. The summed E-state index contributed by atoms with van der Waals surface area (Å²) in [6.45, 7) is 13.8. The minimum Gasteiger partial charge on any atom is -0.212 e. The molecule has 0 saturated carbocycles. The van der Waals surface area contributed by atoms with Gasteiger partial charge in [-0.2, -0.15) is 0 Å². The van der Waals surface area contributed by atoms with Crippen molar-refractivity contribution in [3.8, 4) is 0 Å². The van der Waals surface area contributed by atoms with Gasteiger partial charge in [0.15, 0.2) is 0 Å². The van der Waals surface area contributed by atoms with E-state index in [1.807, 2.05) is 13.8 Å². The summed E-state index contributed by atoms with van der Waals surface area (Å²) in [7, 11) is 0. The van der Waals surface area contributed by atoms with Gasteiger partial charge in [-0.25, -0.2) is 4.39 Å². The lowest BCUT2D eigenvalue weighted by atomic mass is 9.81. The summed E-state index contributed by atoms with van der Waals surface area (Å²) in [5.41, 5.74) is 1.35. The highest BCUT2D eigenvalue weighted by Crippen LogP contribution is 2.31. The third-order valence-electron chi connectivity index (χ3n) is 3.28. The van der Waals surface area contributed by atoms with Crippen LogP contribution < -0.4 is 0 Å². The maximum atomic E-state index is 13.0. The van der Waals surface area contributed by atoms with E-state index in [1.165, 1.54) is 5.57 Å². The van der Waals surface area contributed by atoms with Crippen molar-refractivity contribution >= 4 is 0 Å². The van der Waals surface area contributed by atoms with Crippen LogP contribution in [0.2, 0.25) is 0 Å². The molecule has 3 atom stereocenters. The molecule has 0 aliphatic rings. The summed E-state index contributed by atoms with van der Waals surface area (Å²) in [4.78, 5) is 0. The van der Waals surface area contributed by atoms with Crippen LogP contribution in [0.4, 0.5) is 4.39 Å². The minimum absolute atomic E-state index is 0.0739. The van der Waals surface area contributed by atoms with Crippen LogP contribution in [0.15, 0.2) is 24.1 Å². The molecule has 0 heterocycles. The molecule has 0 spiro atoms. The molecule has 0 nitrogen and oxygen atoms in total. The van der Waals surface area contributed by atoms with Crippen LogP contribution in [0.1, 0.15) is 41.0 Å². The van der Waals surface area contributed by atoms with E-state index in [0.717, 1.165) is 6.42 Å². The van der Waals surface area contributed by atoms with E-state index in [9.17, 15) is 4.39 Å². The molecule has 0 N–H and O–H groups in total. The number of hydrogen-bond donors (Lipinski definition) is 0. The van der Waals surface area contributed by atoms with Gasteiger partial charge in [0.2, 0.25) is 0 Å². The Morgan fingerprint density at radius 2 is 1.79 bits per heavy atom. The Hall–Kier alpha value is -0.590. The molecular weight excluding hydrogens is 175 g/mol. The second kappa shape index (κ2) is 6.00. The van der Waals surface area contributed by atoms with E-state index in [4.69, 9.17) is 0 Å². The molecule has 0 fully saturated rings. The fourth-order valence-corrected chi connectivity index (χ4v) is 1.79. The van der Waals surface area contributed by atoms with Crippen LogP contribution >= 0.6 is 0 Å². The number of halogens is 1. The highest BCUT2D eigenvalue weighted by Gasteiger charge is 2.21. The fourth-order valence-electron chi connectivity index (χ4n) is 1.79. The van der Waals surface area contributed by atoms with Gasteiger partial charge in [0.05, 0.1) is 5.83 Å². The van der Waals surface area contributed by atoms with Gasteiger partial charge in [-0.1, -0.05) is 45.9 Å². The normalized spacial score (nSPS) is 18.9. The van der Waals surface area contributed by atoms with E-state index >= 15 is 0 Å². The lowest BCUT2D eigenvalue weighted by Gasteiger charge is -2.25. The molecule has 14 heavy (non-hydrogen) atoms. The van der Waals surface area contributed by atoms with Crippen LogP contribution in [-0.4, -0.2) is 0 Å². The Morgan fingerprint density at radius 3 is 2.07 bits per heavy atom. The van der Waals surface area contributed by atoms with Gasteiger partial charge in [-0.05, 0) is 25.2 Å². The zero-order valence-corrected chi connectivity index (χ0v) is 10.1. The van der Waals surface area contributed by atoms with E-state index < -0.39 is 0 Å². The lowest BCUT2D eigenvalue weighted by molar-refractivity contribution is 0.385. The molecule has 0 aliphatic heterocycles. The molecule has 0 bridgehead atoms. The van der Waals surface area contributed by atoms with Crippen molar-refractivity contribution in [2.75, 3.05) is 0 Å². The van der Waals surface area contributed by atoms with E-state index in [1.54, 1.807) is 0 Å². The summed E-state index contributed by atoms with van der Waals surface area (Å²) >= 11 is 0. The summed E-state index contributed by atoms with van der Waals surface area (Å²) in [6, 6.07) is 0. The molecule has 0 aliphatic carbocycles. The summed E-state index contributed by atoms with van der Waals surface area (Å²) in [5.74, 6) is 0.514. The van der Waals surface area contributed by atoms with Gasteiger partial charge in [0.1, 0.15) is 0 Å². The van der Waals surface area contributed by atoms with Crippen molar-refractivity contribution in [1.82, 2.24) is 0 Å². The first-order valence-corrected chi connectivity index (χ1v) is 5.46. The molecule has 0 aromatic rings. The minimum atomic E-state index is -0.208. The Bertz CT molecular complexity index is 215.